The van der Waals surface area contributed by atoms with Gasteiger partial charge < -0.3 is 11.1 Å². The predicted octanol–water partition coefficient (Wildman–Crippen LogP) is 1.90. The molecule has 0 aromatic carbocycles. The normalized spacial score (nSPS) is 21.0. The van der Waals surface area contributed by atoms with Gasteiger partial charge in [0.15, 0.2) is 0 Å². The van der Waals surface area contributed by atoms with E-state index in [-0.39, 0.29) is 0 Å². The van der Waals surface area contributed by atoms with Crippen LogP contribution < -0.4 is 11.1 Å². The minimum absolute atomic E-state index is 0.339. The van der Waals surface area contributed by atoms with Crippen molar-refractivity contribution in [1.82, 2.24) is 19.7 Å². The molecule has 0 amide bonds. The Hall–Kier alpha value is -1.95. The first-order valence-corrected chi connectivity index (χ1v) is 7.57. The van der Waals surface area contributed by atoms with E-state index in [9.17, 15) is 0 Å². The second-order valence-corrected chi connectivity index (χ2v) is 5.72. The summed E-state index contributed by atoms with van der Waals surface area (Å²) in [4.78, 5) is 8.63. The standard InChI is InChI=1S/C15H22N6/c1-2-3-21-9-11(8-20-21)7-17-15-6-14(18-10-19-15)12-4-13(16)5-12/h6,8-10,12-13H,2-5,7,16H2,1H3,(H,17,18,19). The third-order valence-corrected chi connectivity index (χ3v) is 3.89. The number of nitrogens with one attached hydrogen (secondary N) is 1. The van der Waals surface area contributed by atoms with Gasteiger partial charge in [0.1, 0.15) is 12.1 Å². The first-order valence-electron chi connectivity index (χ1n) is 7.57. The van der Waals surface area contributed by atoms with E-state index in [2.05, 4.69) is 33.5 Å². The van der Waals surface area contributed by atoms with Gasteiger partial charge in [-0.25, -0.2) is 9.97 Å². The molecule has 0 atom stereocenters. The number of anilines is 1. The molecular weight excluding hydrogens is 264 g/mol. The Morgan fingerprint density at radius 2 is 2.24 bits per heavy atom. The molecule has 112 valence electrons. The molecule has 0 spiro atoms. The number of nitrogens with two attached hydrogens (primary N) is 1. The Labute approximate surface area is 124 Å². The predicted molar refractivity (Wildman–Crippen MR) is 81.8 cm³/mol. The van der Waals surface area contributed by atoms with Gasteiger partial charge in [-0.3, -0.25) is 4.68 Å². The zero-order chi connectivity index (χ0) is 14.7. The lowest BCUT2D eigenvalue weighted by molar-refractivity contribution is 0.345. The molecule has 0 radical (unpaired) electrons. The van der Waals surface area contributed by atoms with Crippen LogP contribution in [0.5, 0.6) is 0 Å². The smallest absolute Gasteiger partial charge is 0.129 e. The summed E-state index contributed by atoms with van der Waals surface area (Å²) >= 11 is 0. The van der Waals surface area contributed by atoms with Crippen molar-refractivity contribution < 1.29 is 0 Å². The maximum atomic E-state index is 5.84. The minimum Gasteiger partial charge on any atom is -0.366 e. The summed E-state index contributed by atoms with van der Waals surface area (Å²) in [6.07, 6.45) is 8.75. The van der Waals surface area contributed by atoms with E-state index >= 15 is 0 Å². The molecule has 3 rings (SSSR count). The third-order valence-electron chi connectivity index (χ3n) is 3.89. The zero-order valence-electron chi connectivity index (χ0n) is 12.4. The SMILES string of the molecule is CCCn1cc(CNc2cc(C3CC(N)C3)ncn2)cn1. The molecule has 1 aliphatic carbocycles. The summed E-state index contributed by atoms with van der Waals surface area (Å²) in [5.74, 6) is 1.36. The van der Waals surface area contributed by atoms with Crippen molar-refractivity contribution in [2.45, 2.75) is 51.2 Å². The summed E-state index contributed by atoms with van der Waals surface area (Å²) in [6, 6.07) is 2.37. The van der Waals surface area contributed by atoms with Crippen LogP contribution in [0, 0.1) is 0 Å². The van der Waals surface area contributed by atoms with Crippen molar-refractivity contribution in [3.05, 3.63) is 36.0 Å². The van der Waals surface area contributed by atoms with Gasteiger partial charge in [0, 0.05) is 48.6 Å². The fourth-order valence-corrected chi connectivity index (χ4v) is 2.64. The van der Waals surface area contributed by atoms with Crippen LogP contribution in [0.2, 0.25) is 0 Å². The molecule has 3 N–H and O–H groups in total. The highest BCUT2D eigenvalue weighted by molar-refractivity contribution is 5.37. The van der Waals surface area contributed by atoms with E-state index in [4.69, 9.17) is 5.73 Å². The molecule has 0 aliphatic heterocycles. The Kier molecular flexibility index (Phi) is 4.15. The fourth-order valence-electron chi connectivity index (χ4n) is 2.64. The maximum Gasteiger partial charge on any atom is 0.129 e. The molecule has 2 heterocycles. The van der Waals surface area contributed by atoms with Gasteiger partial charge in [0.25, 0.3) is 0 Å². The van der Waals surface area contributed by atoms with Gasteiger partial charge in [0.05, 0.1) is 6.20 Å². The van der Waals surface area contributed by atoms with Gasteiger partial charge >= 0.3 is 0 Å². The zero-order valence-corrected chi connectivity index (χ0v) is 12.4. The number of hydrogen-bond acceptors (Lipinski definition) is 5. The molecule has 0 bridgehead atoms. The van der Waals surface area contributed by atoms with Crippen LogP contribution in [-0.4, -0.2) is 25.8 Å². The maximum absolute atomic E-state index is 5.84. The average Bonchev–Trinajstić information content (AvgIpc) is 2.90. The first kappa shape index (κ1) is 14.0. The van der Waals surface area contributed by atoms with Crippen LogP contribution in [-0.2, 0) is 13.1 Å². The average molecular weight is 286 g/mol. The van der Waals surface area contributed by atoms with E-state index in [1.54, 1.807) is 6.33 Å². The molecular formula is C15H22N6. The van der Waals surface area contributed by atoms with E-state index in [1.165, 1.54) is 0 Å². The van der Waals surface area contributed by atoms with Crippen LogP contribution in [0.15, 0.2) is 24.8 Å². The van der Waals surface area contributed by atoms with E-state index in [0.29, 0.717) is 12.0 Å². The topological polar surface area (TPSA) is 81.7 Å². The van der Waals surface area contributed by atoms with Crippen LogP contribution in [0.4, 0.5) is 5.82 Å². The molecule has 1 aliphatic rings. The molecule has 1 saturated carbocycles. The second-order valence-electron chi connectivity index (χ2n) is 5.72. The van der Waals surface area contributed by atoms with E-state index in [0.717, 1.165) is 49.4 Å². The lowest BCUT2D eigenvalue weighted by Gasteiger charge is -2.31. The van der Waals surface area contributed by atoms with Crippen molar-refractivity contribution in [2.24, 2.45) is 5.73 Å². The quantitative estimate of drug-likeness (QED) is 0.847. The van der Waals surface area contributed by atoms with Crippen molar-refractivity contribution in [1.29, 1.82) is 0 Å². The van der Waals surface area contributed by atoms with Gasteiger partial charge in [-0.1, -0.05) is 6.92 Å². The number of rotatable bonds is 6. The van der Waals surface area contributed by atoms with Crippen LogP contribution in [0.3, 0.4) is 0 Å². The molecule has 0 saturated heterocycles. The summed E-state index contributed by atoms with van der Waals surface area (Å²) in [6.45, 7) is 3.83. The second kappa shape index (κ2) is 6.22. The molecule has 6 heteroatoms. The van der Waals surface area contributed by atoms with Gasteiger partial charge in [-0.15, -0.1) is 0 Å². The lowest BCUT2D eigenvalue weighted by atomic mass is 9.79. The molecule has 2 aromatic rings. The lowest BCUT2D eigenvalue weighted by Crippen LogP contribution is -2.35. The molecule has 6 nitrogen and oxygen atoms in total. The molecule has 0 unspecified atom stereocenters. The Balaban J connectivity index is 1.58. The Morgan fingerprint density at radius 1 is 1.38 bits per heavy atom. The largest absolute Gasteiger partial charge is 0.366 e. The van der Waals surface area contributed by atoms with Crippen molar-refractivity contribution in [2.75, 3.05) is 5.32 Å². The van der Waals surface area contributed by atoms with Crippen molar-refractivity contribution >= 4 is 5.82 Å². The van der Waals surface area contributed by atoms with Gasteiger partial charge in [0.2, 0.25) is 0 Å². The van der Waals surface area contributed by atoms with Crippen LogP contribution in [0.1, 0.15) is 43.4 Å². The highest BCUT2D eigenvalue weighted by atomic mass is 15.3. The van der Waals surface area contributed by atoms with E-state index in [1.807, 2.05) is 16.9 Å². The van der Waals surface area contributed by atoms with Gasteiger partial charge in [-0.2, -0.15) is 5.10 Å². The summed E-state index contributed by atoms with van der Waals surface area (Å²) < 4.78 is 1.97. The minimum atomic E-state index is 0.339. The Bertz CT molecular complexity index is 587. The monoisotopic (exact) mass is 286 g/mol. The van der Waals surface area contributed by atoms with E-state index < -0.39 is 0 Å². The molecule has 21 heavy (non-hydrogen) atoms. The number of hydrogen-bond donors (Lipinski definition) is 2. The van der Waals surface area contributed by atoms with Gasteiger partial charge in [-0.05, 0) is 19.3 Å². The first-order chi connectivity index (χ1) is 10.2. The summed E-state index contributed by atoms with van der Waals surface area (Å²) in [7, 11) is 0. The van der Waals surface area contributed by atoms with Crippen molar-refractivity contribution in [3.8, 4) is 0 Å². The molecule has 2 aromatic heterocycles. The highest BCUT2D eigenvalue weighted by Gasteiger charge is 2.28. The Morgan fingerprint density at radius 3 is 3.00 bits per heavy atom. The summed E-state index contributed by atoms with van der Waals surface area (Å²) in [5, 5.41) is 7.66. The van der Waals surface area contributed by atoms with Crippen LogP contribution >= 0.6 is 0 Å². The highest BCUT2D eigenvalue weighted by Crippen LogP contribution is 2.34. The molecule has 1 fully saturated rings. The van der Waals surface area contributed by atoms with Crippen LogP contribution in [0.25, 0.3) is 0 Å². The number of aryl methyl sites for hydroxylation is 1. The fraction of sp³-hybridized carbons (Fsp3) is 0.533. The third kappa shape index (κ3) is 3.39. The number of nitrogens with zero attached hydrogens (tertiary/aromatic N) is 4. The van der Waals surface area contributed by atoms with Crippen molar-refractivity contribution in [3.63, 3.8) is 0 Å². The number of aromatic nitrogens is 4. The summed E-state index contributed by atoms with van der Waals surface area (Å²) in [5.41, 5.74) is 8.09.